The lowest BCUT2D eigenvalue weighted by Gasteiger charge is -2.27. The van der Waals surface area contributed by atoms with Gasteiger partial charge in [0.2, 0.25) is 5.91 Å². The maximum Gasteiger partial charge on any atom is 0.274 e. The highest BCUT2D eigenvalue weighted by molar-refractivity contribution is 5.94. The average molecular weight is 415 g/mol. The van der Waals surface area contributed by atoms with Crippen LogP contribution in [0.15, 0.2) is 24.8 Å². The van der Waals surface area contributed by atoms with Gasteiger partial charge in [-0.3, -0.25) is 14.3 Å². The summed E-state index contributed by atoms with van der Waals surface area (Å²) in [6, 6.07) is 2.00. The molecule has 2 aliphatic rings. The topological polar surface area (TPSA) is 85.5 Å². The Kier molecular flexibility index (Phi) is 5.40. The number of methoxy groups -OCH3 is 1. The van der Waals surface area contributed by atoms with E-state index >= 15 is 0 Å². The van der Waals surface area contributed by atoms with Crippen LogP contribution in [0.2, 0.25) is 0 Å². The first-order valence-electron chi connectivity index (χ1n) is 10.5. The summed E-state index contributed by atoms with van der Waals surface area (Å²) >= 11 is 0. The number of amides is 2. The molecule has 2 amide bonds. The monoisotopic (exact) mass is 414 g/mol. The molecule has 2 fully saturated rings. The molecule has 9 heteroatoms. The Morgan fingerprint density at radius 1 is 1.40 bits per heavy atom. The van der Waals surface area contributed by atoms with Gasteiger partial charge in [-0.2, -0.15) is 5.10 Å². The van der Waals surface area contributed by atoms with Crippen molar-refractivity contribution in [1.29, 1.82) is 0 Å². The molecule has 2 aromatic rings. The molecule has 0 bridgehead atoms. The molecule has 0 saturated carbocycles. The Morgan fingerprint density at radius 3 is 2.83 bits per heavy atom. The summed E-state index contributed by atoms with van der Waals surface area (Å²) in [5, 5.41) is 4.26. The van der Waals surface area contributed by atoms with Gasteiger partial charge in [0.05, 0.1) is 24.0 Å². The standard InChI is InChI=1S/C21H30N6O3/c1-15(2)27-12-18(22-14-27)16-11-26(19(28)17-5-7-24(3)23-17)13-21(16)6-8-25(20(21)29)9-10-30-4/h5,7,12,14-16H,6,8-11,13H2,1-4H3/t16-,21-/m0/s1. The molecule has 4 heterocycles. The molecule has 0 radical (unpaired) electrons. The summed E-state index contributed by atoms with van der Waals surface area (Å²) in [6.07, 6.45) is 6.31. The van der Waals surface area contributed by atoms with Crippen LogP contribution >= 0.6 is 0 Å². The van der Waals surface area contributed by atoms with Crippen LogP contribution in [0.5, 0.6) is 0 Å². The van der Waals surface area contributed by atoms with Crippen molar-refractivity contribution in [3.63, 3.8) is 0 Å². The van der Waals surface area contributed by atoms with Gasteiger partial charge in [0.1, 0.15) is 5.69 Å². The van der Waals surface area contributed by atoms with Crippen molar-refractivity contribution >= 4 is 11.8 Å². The summed E-state index contributed by atoms with van der Waals surface area (Å²) in [7, 11) is 3.43. The summed E-state index contributed by atoms with van der Waals surface area (Å²) in [6.45, 7) is 6.80. The number of ether oxygens (including phenoxy) is 1. The van der Waals surface area contributed by atoms with Crippen LogP contribution in [0, 0.1) is 5.41 Å². The van der Waals surface area contributed by atoms with E-state index in [1.807, 2.05) is 22.0 Å². The number of aromatic nitrogens is 4. The van der Waals surface area contributed by atoms with Gasteiger partial charge in [-0.15, -0.1) is 0 Å². The van der Waals surface area contributed by atoms with Gasteiger partial charge >= 0.3 is 0 Å². The lowest BCUT2D eigenvalue weighted by molar-refractivity contribution is -0.136. The molecule has 4 rings (SSSR count). The predicted octanol–water partition coefficient (Wildman–Crippen LogP) is 1.30. The fraction of sp³-hybridized carbons (Fsp3) is 0.619. The molecular weight excluding hydrogens is 384 g/mol. The van der Waals surface area contributed by atoms with Gasteiger partial charge < -0.3 is 19.1 Å². The minimum Gasteiger partial charge on any atom is -0.383 e. The van der Waals surface area contributed by atoms with Crippen molar-refractivity contribution in [2.24, 2.45) is 12.5 Å². The van der Waals surface area contributed by atoms with Gasteiger partial charge in [0.25, 0.3) is 5.91 Å². The third-order valence-corrected chi connectivity index (χ3v) is 6.44. The Balaban J connectivity index is 1.66. The van der Waals surface area contributed by atoms with E-state index in [0.29, 0.717) is 44.9 Å². The highest BCUT2D eigenvalue weighted by Crippen LogP contribution is 2.49. The molecule has 1 spiro atoms. The van der Waals surface area contributed by atoms with Crippen molar-refractivity contribution in [3.8, 4) is 0 Å². The van der Waals surface area contributed by atoms with Crippen molar-refractivity contribution in [1.82, 2.24) is 29.1 Å². The van der Waals surface area contributed by atoms with E-state index in [-0.39, 0.29) is 23.8 Å². The zero-order valence-corrected chi connectivity index (χ0v) is 18.1. The number of imidazole rings is 1. The van der Waals surface area contributed by atoms with Gasteiger partial charge in [-0.05, 0) is 26.3 Å². The zero-order valence-electron chi connectivity index (χ0n) is 18.1. The fourth-order valence-corrected chi connectivity index (χ4v) is 4.69. The van der Waals surface area contributed by atoms with E-state index in [4.69, 9.17) is 4.74 Å². The highest BCUT2D eigenvalue weighted by Gasteiger charge is 2.58. The van der Waals surface area contributed by atoms with Crippen molar-refractivity contribution in [2.75, 3.05) is 39.9 Å². The summed E-state index contributed by atoms with van der Waals surface area (Å²) < 4.78 is 8.85. The van der Waals surface area contributed by atoms with E-state index in [9.17, 15) is 9.59 Å². The Bertz CT molecular complexity index is 935. The largest absolute Gasteiger partial charge is 0.383 e. The van der Waals surface area contributed by atoms with Crippen LogP contribution in [0.25, 0.3) is 0 Å². The lowest BCUT2D eigenvalue weighted by Crippen LogP contribution is -2.41. The van der Waals surface area contributed by atoms with Crippen LogP contribution in [-0.4, -0.2) is 80.8 Å². The van der Waals surface area contributed by atoms with Crippen LogP contribution < -0.4 is 0 Å². The van der Waals surface area contributed by atoms with Crippen LogP contribution in [0.4, 0.5) is 0 Å². The normalized spacial score (nSPS) is 24.0. The first-order valence-corrected chi connectivity index (χ1v) is 10.5. The van der Waals surface area contributed by atoms with Gasteiger partial charge in [0, 0.05) is 64.7 Å². The maximum atomic E-state index is 13.5. The highest BCUT2D eigenvalue weighted by atomic mass is 16.5. The number of hydrogen-bond donors (Lipinski definition) is 0. The van der Waals surface area contributed by atoms with E-state index in [0.717, 1.165) is 5.69 Å². The van der Waals surface area contributed by atoms with Crippen LogP contribution in [0.1, 0.15) is 48.4 Å². The Labute approximate surface area is 176 Å². The molecule has 0 aliphatic carbocycles. The first-order chi connectivity index (χ1) is 14.4. The molecule has 2 aliphatic heterocycles. The maximum absolute atomic E-state index is 13.5. The smallest absolute Gasteiger partial charge is 0.274 e. The second kappa shape index (κ2) is 7.86. The molecule has 2 aromatic heterocycles. The van der Waals surface area contributed by atoms with Crippen LogP contribution in [-0.2, 0) is 16.6 Å². The summed E-state index contributed by atoms with van der Waals surface area (Å²) in [4.78, 5) is 35.0. The number of rotatable bonds is 6. The van der Waals surface area contributed by atoms with Crippen molar-refractivity contribution < 1.29 is 14.3 Å². The molecule has 30 heavy (non-hydrogen) atoms. The SMILES string of the molecule is COCCN1CC[C@@]2(CN(C(=O)c3ccn(C)n3)C[C@H]2c2cn(C(C)C)cn2)C1=O. The molecule has 2 saturated heterocycles. The summed E-state index contributed by atoms with van der Waals surface area (Å²) in [5.41, 5.74) is 0.638. The van der Waals surface area contributed by atoms with E-state index in [1.54, 1.807) is 36.0 Å². The quantitative estimate of drug-likeness (QED) is 0.711. The second-order valence-corrected chi connectivity index (χ2v) is 8.64. The van der Waals surface area contributed by atoms with Crippen molar-refractivity contribution in [3.05, 3.63) is 36.2 Å². The minimum absolute atomic E-state index is 0.0972. The molecule has 9 nitrogen and oxygen atoms in total. The first kappa shape index (κ1) is 20.6. The zero-order chi connectivity index (χ0) is 21.5. The lowest BCUT2D eigenvalue weighted by atomic mass is 9.75. The fourth-order valence-electron chi connectivity index (χ4n) is 4.69. The third-order valence-electron chi connectivity index (χ3n) is 6.44. The van der Waals surface area contributed by atoms with E-state index in [2.05, 4.69) is 23.9 Å². The Morgan fingerprint density at radius 2 is 2.20 bits per heavy atom. The number of hydrogen-bond acceptors (Lipinski definition) is 5. The number of carbonyl (C=O) groups excluding carboxylic acids is 2. The second-order valence-electron chi connectivity index (χ2n) is 8.64. The summed E-state index contributed by atoms with van der Waals surface area (Å²) in [5.74, 6) is -0.172. The molecule has 162 valence electrons. The van der Waals surface area contributed by atoms with E-state index < -0.39 is 5.41 Å². The number of carbonyl (C=O) groups is 2. The van der Waals surface area contributed by atoms with Gasteiger partial charge in [-0.1, -0.05) is 0 Å². The van der Waals surface area contributed by atoms with Gasteiger partial charge in [-0.25, -0.2) is 4.98 Å². The number of nitrogens with zero attached hydrogens (tertiary/aromatic N) is 6. The van der Waals surface area contributed by atoms with Crippen LogP contribution in [0.3, 0.4) is 0 Å². The molecule has 0 unspecified atom stereocenters. The molecule has 0 N–H and O–H groups in total. The molecule has 0 aromatic carbocycles. The van der Waals surface area contributed by atoms with E-state index in [1.165, 1.54) is 0 Å². The average Bonchev–Trinajstić information content (AvgIpc) is 3.49. The Hall–Kier alpha value is -2.68. The minimum atomic E-state index is -0.644. The number of likely N-dealkylation sites (tertiary alicyclic amines) is 2. The van der Waals surface area contributed by atoms with Gasteiger partial charge in [0.15, 0.2) is 0 Å². The number of aryl methyl sites for hydroxylation is 1. The predicted molar refractivity (Wildman–Crippen MR) is 110 cm³/mol. The molecular formula is C21H30N6O3. The molecule has 2 atom stereocenters. The third kappa shape index (κ3) is 3.40. The van der Waals surface area contributed by atoms with Crippen molar-refractivity contribution in [2.45, 2.75) is 32.2 Å².